The first-order valence-corrected chi connectivity index (χ1v) is 8.75. The van der Waals surface area contributed by atoms with E-state index in [0.29, 0.717) is 13.0 Å². The Kier molecular flexibility index (Phi) is 5.80. The number of nitrogens with one attached hydrogen (secondary N) is 1. The van der Waals surface area contributed by atoms with E-state index in [1.165, 1.54) is 30.5 Å². The zero-order valence-electron chi connectivity index (χ0n) is 14.7. The summed E-state index contributed by atoms with van der Waals surface area (Å²) < 4.78 is 29.4. The van der Waals surface area contributed by atoms with Gasteiger partial charge in [0.1, 0.15) is 5.75 Å². The minimum absolute atomic E-state index is 0.0622. The van der Waals surface area contributed by atoms with Gasteiger partial charge in [-0.3, -0.25) is 14.9 Å². The smallest absolute Gasteiger partial charge is 0.420 e. The molecule has 3 rings (SSSR count). The van der Waals surface area contributed by atoms with E-state index in [9.17, 15) is 28.8 Å². The Balaban J connectivity index is 1.75. The zero-order valence-corrected chi connectivity index (χ0v) is 15.5. The number of nitrogens with zero attached hydrogens (tertiary/aromatic N) is 3. The van der Waals surface area contributed by atoms with Crippen LogP contribution in [0.15, 0.2) is 36.5 Å². The molecule has 1 aromatic heterocycles. The van der Waals surface area contributed by atoms with E-state index >= 15 is 0 Å². The molecule has 29 heavy (non-hydrogen) atoms. The molecular formula is C17H15ClF2N4O5. The van der Waals surface area contributed by atoms with Crippen molar-refractivity contribution in [3.05, 3.63) is 52.2 Å². The fourth-order valence-corrected chi connectivity index (χ4v) is 2.91. The van der Waals surface area contributed by atoms with Crippen molar-refractivity contribution in [2.45, 2.75) is 18.1 Å². The number of aliphatic hydroxyl groups excluding tert-OH is 1. The third-order valence-corrected chi connectivity index (χ3v) is 4.19. The number of hydrogen-bond acceptors (Lipinski definition) is 7. The molecule has 0 spiro atoms. The van der Waals surface area contributed by atoms with Crippen LogP contribution < -0.4 is 15.0 Å². The quantitative estimate of drug-likeness (QED) is 0.412. The predicted molar refractivity (Wildman–Crippen MR) is 99.6 cm³/mol. The van der Waals surface area contributed by atoms with E-state index in [1.807, 2.05) is 0 Å². The molecule has 154 valence electrons. The Labute approximate surface area is 168 Å². The number of pyridine rings is 1. The van der Waals surface area contributed by atoms with E-state index in [-0.39, 0.29) is 35.1 Å². The summed E-state index contributed by atoms with van der Waals surface area (Å²) in [6.45, 7) is 0.630. The lowest BCUT2D eigenvalue weighted by Crippen LogP contribution is -2.24. The van der Waals surface area contributed by atoms with Crippen molar-refractivity contribution in [1.82, 2.24) is 4.98 Å². The number of amides is 1. The molecule has 1 saturated heterocycles. The molecule has 0 saturated carbocycles. The number of benzene rings is 1. The average Bonchev–Trinajstić information content (AvgIpc) is 3.07. The van der Waals surface area contributed by atoms with Gasteiger partial charge in [-0.1, -0.05) is 0 Å². The van der Waals surface area contributed by atoms with Crippen LogP contribution >= 0.6 is 11.6 Å². The van der Waals surface area contributed by atoms with Crippen LogP contribution in [-0.2, 0) is 0 Å². The number of halogens is 3. The number of rotatable bonds is 6. The highest BCUT2D eigenvalue weighted by Gasteiger charge is 2.29. The van der Waals surface area contributed by atoms with Gasteiger partial charge in [-0.2, -0.15) is 0 Å². The summed E-state index contributed by atoms with van der Waals surface area (Å²) in [6.07, 6.45) is 1.06. The maximum absolute atomic E-state index is 12.6. The molecule has 12 heteroatoms. The summed E-state index contributed by atoms with van der Waals surface area (Å²) in [5.41, 5.74) is -4.04. The SMILES string of the molecule is O=C(Nc1ccc(OC(F)(F)Cl)cc1)c1cnc(N2CC[C@@H](O)C2)c([N+](=O)[O-])c1. The Hall–Kier alpha value is -3.05. The number of hydrogen-bond donors (Lipinski definition) is 2. The molecular weight excluding hydrogens is 414 g/mol. The van der Waals surface area contributed by atoms with Gasteiger partial charge < -0.3 is 20.1 Å². The highest BCUT2D eigenvalue weighted by molar-refractivity contribution is 6.20. The van der Waals surface area contributed by atoms with Crippen molar-refractivity contribution in [2.75, 3.05) is 23.3 Å². The van der Waals surface area contributed by atoms with Crippen LogP contribution in [0.1, 0.15) is 16.8 Å². The Morgan fingerprint density at radius 3 is 2.66 bits per heavy atom. The summed E-state index contributed by atoms with van der Waals surface area (Å²) in [7, 11) is 0. The minimum Gasteiger partial charge on any atom is -0.420 e. The first-order valence-electron chi connectivity index (χ1n) is 8.37. The molecule has 2 aromatic rings. The van der Waals surface area contributed by atoms with Crippen molar-refractivity contribution in [3.63, 3.8) is 0 Å². The van der Waals surface area contributed by atoms with E-state index in [0.717, 1.165) is 6.07 Å². The number of β-amino-alcohol motifs (C(OH)–C–C–N with tert-alkyl or cyclic N) is 1. The van der Waals surface area contributed by atoms with Crippen molar-refractivity contribution in [2.24, 2.45) is 0 Å². The second kappa shape index (κ2) is 8.13. The minimum atomic E-state index is -3.86. The molecule has 1 aliphatic rings. The summed E-state index contributed by atoms with van der Waals surface area (Å²) in [5, 5.41) is 23.5. The lowest BCUT2D eigenvalue weighted by molar-refractivity contribution is -0.384. The summed E-state index contributed by atoms with van der Waals surface area (Å²) >= 11 is 4.68. The number of anilines is 2. The average molecular weight is 429 g/mol. The highest BCUT2D eigenvalue weighted by Crippen LogP contribution is 2.30. The zero-order chi connectivity index (χ0) is 21.2. The maximum Gasteiger partial charge on any atom is 0.487 e. The van der Waals surface area contributed by atoms with E-state index in [2.05, 4.69) is 26.6 Å². The molecule has 0 bridgehead atoms. The Morgan fingerprint density at radius 2 is 2.10 bits per heavy atom. The van der Waals surface area contributed by atoms with Crippen LogP contribution in [0.4, 0.5) is 26.0 Å². The molecule has 1 amide bonds. The number of alkyl halides is 3. The predicted octanol–water partition coefficient (Wildman–Crippen LogP) is 2.98. The van der Waals surface area contributed by atoms with Crippen molar-refractivity contribution >= 4 is 34.7 Å². The van der Waals surface area contributed by atoms with Gasteiger partial charge in [0.05, 0.1) is 16.6 Å². The van der Waals surface area contributed by atoms with Crippen LogP contribution in [0.3, 0.4) is 0 Å². The molecule has 0 unspecified atom stereocenters. The second-order valence-electron chi connectivity index (χ2n) is 6.24. The first-order chi connectivity index (χ1) is 13.6. The fourth-order valence-electron chi connectivity index (χ4n) is 2.83. The third-order valence-electron chi connectivity index (χ3n) is 4.11. The summed E-state index contributed by atoms with van der Waals surface area (Å²) in [6, 6.07) is 6.05. The number of aliphatic hydroxyl groups is 1. The van der Waals surface area contributed by atoms with Crippen LogP contribution in [0.5, 0.6) is 5.75 Å². The topological polar surface area (TPSA) is 118 Å². The largest absolute Gasteiger partial charge is 0.487 e. The molecule has 0 aliphatic carbocycles. The highest BCUT2D eigenvalue weighted by atomic mass is 35.5. The lowest BCUT2D eigenvalue weighted by atomic mass is 10.2. The molecule has 1 aromatic carbocycles. The first kappa shape index (κ1) is 20.7. The fraction of sp³-hybridized carbons (Fsp3) is 0.294. The number of carbonyl (C=O) groups is 1. The van der Waals surface area contributed by atoms with Gasteiger partial charge in [0, 0.05) is 42.6 Å². The molecule has 2 N–H and O–H groups in total. The van der Waals surface area contributed by atoms with Gasteiger partial charge in [-0.15, -0.1) is 8.78 Å². The molecule has 1 fully saturated rings. The molecule has 1 atom stereocenters. The lowest BCUT2D eigenvalue weighted by Gasteiger charge is -2.16. The van der Waals surface area contributed by atoms with Crippen LogP contribution in [0.25, 0.3) is 0 Å². The number of nitro groups is 1. The van der Waals surface area contributed by atoms with E-state index in [4.69, 9.17) is 0 Å². The van der Waals surface area contributed by atoms with E-state index < -0.39 is 22.5 Å². The van der Waals surface area contributed by atoms with Gasteiger partial charge >= 0.3 is 11.3 Å². The Bertz CT molecular complexity index is 923. The maximum atomic E-state index is 12.6. The van der Waals surface area contributed by atoms with Crippen molar-refractivity contribution < 1.29 is 28.3 Å². The standard InChI is InChI=1S/C17H15ClF2N4O5/c18-17(19,20)29-13-3-1-11(2-4-13)22-16(26)10-7-14(24(27)28)15(21-8-10)23-6-5-12(25)9-23/h1-4,7-8,12,25H,5-6,9H2,(H,22,26)/t12-/m1/s1. The molecule has 2 heterocycles. The van der Waals surface area contributed by atoms with Crippen molar-refractivity contribution in [3.8, 4) is 5.75 Å². The number of ether oxygens (including phenoxy) is 1. The summed E-state index contributed by atoms with van der Waals surface area (Å²) in [5.74, 6) is -0.811. The van der Waals surface area contributed by atoms with Gasteiger partial charge in [-0.05, 0) is 30.7 Å². The monoisotopic (exact) mass is 428 g/mol. The van der Waals surface area contributed by atoms with E-state index in [1.54, 1.807) is 4.90 Å². The van der Waals surface area contributed by atoms with Crippen LogP contribution in [-0.4, -0.2) is 45.7 Å². The Morgan fingerprint density at radius 1 is 1.41 bits per heavy atom. The normalized spacial score (nSPS) is 16.6. The van der Waals surface area contributed by atoms with Crippen LogP contribution in [0, 0.1) is 10.1 Å². The van der Waals surface area contributed by atoms with Gasteiger partial charge in [0.25, 0.3) is 5.91 Å². The second-order valence-corrected chi connectivity index (χ2v) is 6.68. The molecule has 9 nitrogen and oxygen atoms in total. The summed E-state index contributed by atoms with van der Waals surface area (Å²) in [4.78, 5) is 28.7. The molecule has 0 radical (unpaired) electrons. The molecule has 1 aliphatic heterocycles. The van der Waals surface area contributed by atoms with Gasteiger partial charge in [0.2, 0.25) is 5.82 Å². The van der Waals surface area contributed by atoms with Crippen molar-refractivity contribution in [1.29, 1.82) is 0 Å². The van der Waals surface area contributed by atoms with Gasteiger partial charge in [-0.25, -0.2) is 4.98 Å². The third kappa shape index (κ3) is 5.27. The number of carbonyl (C=O) groups excluding carboxylic acids is 1. The number of aromatic nitrogens is 1. The van der Waals surface area contributed by atoms with Gasteiger partial charge in [0.15, 0.2) is 0 Å². The van der Waals surface area contributed by atoms with Crippen LogP contribution in [0.2, 0.25) is 0 Å².